The van der Waals surface area contributed by atoms with Crippen LogP contribution in [0.3, 0.4) is 0 Å². The molecule has 1 fully saturated rings. The highest BCUT2D eigenvalue weighted by Gasteiger charge is 2.34. The van der Waals surface area contributed by atoms with Crippen molar-refractivity contribution in [3.63, 3.8) is 0 Å². The molecule has 116 valence electrons. The lowest BCUT2D eigenvalue weighted by atomic mass is 10.1. The molecule has 1 heterocycles. The van der Waals surface area contributed by atoms with E-state index in [2.05, 4.69) is 18.7 Å². The van der Waals surface area contributed by atoms with Crippen LogP contribution in [0.4, 0.5) is 5.69 Å². The lowest BCUT2D eigenvalue weighted by molar-refractivity contribution is -0.135. The van der Waals surface area contributed by atoms with Crippen molar-refractivity contribution in [3.8, 4) is 0 Å². The van der Waals surface area contributed by atoms with E-state index in [1.54, 1.807) is 6.08 Å². The number of benzene rings is 1. The fourth-order valence-corrected chi connectivity index (χ4v) is 3.61. The Hall–Kier alpha value is -1.66. The Labute approximate surface area is 140 Å². The van der Waals surface area contributed by atoms with Gasteiger partial charge in [-0.15, -0.1) is 0 Å². The highest BCUT2D eigenvalue weighted by molar-refractivity contribution is 8.26. The second-order valence-corrected chi connectivity index (χ2v) is 6.48. The quantitative estimate of drug-likeness (QED) is 0.624. The molecule has 1 saturated heterocycles. The molecule has 2 rings (SSSR count). The smallest absolute Gasteiger partial charge is 0.273 e. The van der Waals surface area contributed by atoms with E-state index in [-0.39, 0.29) is 11.8 Å². The SMILES string of the molecule is CCN(CC)c1ccc(/C=C2/SC(=S)N(C(C)=O)C2=O)cc1. The Kier molecular flexibility index (Phi) is 5.37. The molecule has 0 atom stereocenters. The number of carbonyl (C=O) groups excluding carboxylic acids is 2. The van der Waals surface area contributed by atoms with E-state index >= 15 is 0 Å². The van der Waals surface area contributed by atoms with Crippen LogP contribution in [-0.2, 0) is 9.59 Å². The zero-order valence-corrected chi connectivity index (χ0v) is 14.5. The molecule has 0 bridgehead atoms. The maximum absolute atomic E-state index is 12.1. The molecule has 0 N–H and O–H groups in total. The minimum Gasteiger partial charge on any atom is -0.372 e. The summed E-state index contributed by atoms with van der Waals surface area (Å²) in [6.07, 6.45) is 1.77. The topological polar surface area (TPSA) is 40.6 Å². The third-order valence-corrected chi connectivity index (χ3v) is 4.73. The lowest BCUT2D eigenvalue weighted by Gasteiger charge is -2.20. The predicted molar refractivity (Wildman–Crippen MR) is 95.7 cm³/mol. The van der Waals surface area contributed by atoms with Gasteiger partial charge in [0.2, 0.25) is 5.91 Å². The van der Waals surface area contributed by atoms with Crippen molar-refractivity contribution < 1.29 is 9.59 Å². The first-order valence-corrected chi connectivity index (χ1v) is 8.34. The highest BCUT2D eigenvalue weighted by atomic mass is 32.2. The van der Waals surface area contributed by atoms with E-state index in [9.17, 15) is 9.59 Å². The fraction of sp³-hybridized carbons (Fsp3) is 0.312. The van der Waals surface area contributed by atoms with E-state index < -0.39 is 0 Å². The number of hydrogen-bond acceptors (Lipinski definition) is 5. The van der Waals surface area contributed by atoms with E-state index in [1.807, 2.05) is 24.3 Å². The van der Waals surface area contributed by atoms with Gasteiger partial charge in [-0.25, -0.2) is 4.90 Å². The number of rotatable bonds is 4. The van der Waals surface area contributed by atoms with Crippen LogP contribution in [0.2, 0.25) is 0 Å². The first-order chi connectivity index (χ1) is 10.5. The molecule has 1 aromatic rings. The third kappa shape index (κ3) is 3.39. The second-order valence-electron chi connectivity index (χ2n) is 4.80. The summed E-state index contributed by atoms with van der Waals surface area (Å²) in [7, 11) is 0. The number of thiocarbonyl (C=S) groups is 1. The van der Waals surface area contributed by atoms with Gasteiger partial charge in [0.1, 0.15) is 0 Å². The summed E-state index contributed by atoms with van der Waals surface area (Å²) < 4.78 is 0.295. The molecule has 1 aliphatic heterocycles. The zero-order chi connectivity index (χ0) is 16.3. The van der Waals surface area contributed by atoms with Crippen LogP contribution in [0.15, 0.2) is 29.2 Å². The average molecular weight is 334 g/mol. The molecule has 2 amide bonds. The van der Waals surface area contributed by atoms with Crippen molar-refractivity contribution in [2.24, 2.45) is 0 Å². The molecule has 1 aliphatic rings. The molecule has 0 aromatic heterocycles. The number of nitrogens with zero attached hydrogens (tertiary/aromatic N) is 2. The predicted octanol–water partition coefficient (Wildman–Crippen LogP) is 3.28. The monoisotopic (exact) mass is 334 g/mol. The van der Waals surface area contributed by atoms with Gasteiger partial charge in [0.15, 0.2) is 4.32 Å². The van der Waals surface area contributed by atoms with Crippen LogP contribution in [-0.4, -0.2) is 34.1 Å². The number of thioether (sulfide) groups is 1. The summed E-state index contributed by atoms with van der Waals surface area (Å²) in [6.45, 7) is 7.47. The summed E-state index contributed by atoms with van der Waals surface area (Å²) in [5, 5.41) is 0. The van der Waals surface area contributed by atoms with Crippen LogP contribution in [0.25, 0.3) is 6.08 Å². The Bertz CT molecular complexity index is 634. The summed E-state index contributed by atoms with van der Waals surface area (Å²) in [4.78, 5) is 27.3. The Balaban J connectivity index is 2.22. The number of imide groups is 1. The summed E-state index contributed by atoms with van der Waals surface area (Å²) >= 11 is 6.24. The standard InChI is InChI=1S/C16H18N2O2S2/c1-4-17(5-2)13-8-6-12(7-9-13)10-14-15(20)18(11(3)19)16(21)22-14/h6-10H,4-5H2,1-3H3/b14-10+. The van der Waals surface area contributed by atoms with E-state index in [0.29, 0.717) is 9.23 Å². The van der Waals surface area contributed by atoms with Crippen LogP contribution >= 0.6 is 24.0 Å². The molecule has 0 unspecified atom stereocenters. The van der Waals surface area contributed by atoms with Gasteiger partial charge in [0.05, 0.1) is 4.91 Å². The number of anilines is 1. The van der Waals surface area contributed by atoms with Gasteiger partial charge in [-0.3, -0.25) is 9.59 Å². The van der Waals surface area contributed by atoms with Crippen LogP contribution < -0.4 is 4.90 Å². The molecule has 0 saturated carbocycles. The Morgan fingerprint density at radius 3 is 2.32 bits per heavy atom. The van der Waals surface area contributed by atoms with E-state index in [4.69, 9.17) is 12.2 Å². The summed E-state index contributed by atoms with van der Waals surface area (Å²) in [5.74, 6) is -0.682. The molecule has 0 radical (unpaired) electrons. The number of carbonyl (C=O) groups is 2. The van der Waals surface area contributed by atoms with Gasteiger partial charge in [-0.2, -0.15) is 0 Å². The second kappa shape index (κ2) is 7.07. The van der Waals surface area contributed by atoms with Gasteiger partial charge in [-0.1, -0.05) is 36.1 Å². The van der Waals surface area contributed by atoms with Crippen molar-refractivity contribution in [1.82, 2.24) is 4.90 Å². The number of hydrogen-bond donors (Lipinski definition) is 0. The molecule has 22 heavy (non-hydrogen) atoms. The maximum Gasteiger partial charge on any atom is 0.273 e. The van der Waals surface area contributed by atoms with Crippen molar-refractivity contribution in [3.05, 3.63) is 34.7 Å². The Morgan fingerprint density at radius 1 is 1.27 bits per heavy atom. The zero-order valence-electron chi connectivity index (χ0n) is 12.8. The van der Waals surface area contributed by atoms with Gasteiger partial charge >= 0.3 is 0 Å². The van der Waals surface area contributed by atoms with E-state index in [0.717, 1.165) is 41.0 Å². The first kappa shape index (κ1) is 16.7. The Morgan fingerprint density at radius 2 is 1.86 bits per heavy atom. The molecular weight excluding hydrogens is 316 g/mol. The van der Waals surface area contributed by atoms with Crippen molar-refractivity contribution >= 4 is 51.9 Å². The minimum absolute atomic E-state index is 0.295. The minimum atomic E-state index is -0.345. The van der Waals surface area contributed by atoms with Gasteiger partial charge in [0, 0.05) is 25.7 Å². The van der Waals surface area contributed by atoms with Crippen molar-refractivity contribution in [2.75, 3.05) is 18.0 Å². The fourth-order valence-electron chi connectivity index (χ4n) is 2.26. The molecule has 0 spiro atoms. The first-order valence-electron chi connectivity index (χ1n) is 7.11. The number of amides is 2. The normalized spacial score (nSPS) is 16.5. The molecular formula is C16H18N2O2S2. The van der Waals surface area contributed by atoms with Crippen LogP contribution in [0, 0.1) is 0 Å². The lowest BCUT2D eigenvalue weighted by Crippen LogP contribution is -2.32. The van der Waals surface area contributed by atoms with Gasteiger partial charge < -0.3 is 4.90 Å². The molecule has 6 heteroatoms. The largest absolute Gasteiger partial charge is 0.372 e. The average Bonchev–Trinajstić information content (AvgIpc) is 2.76. The van der Waals surface area contributed by atoms with E-state index in [1.165, 1.54) is 6.92 Å². The summed E-state index contributed by atoms with van der Waals surface area (Å²) in [6, 6.07) is 8.00. The van der Waals surface area contributed by atoms with Crippen LogP contribution in [0.5, 0.6) is 0 Å². The highest BCUT2D eigenvalue weighted by Crippen LogP contribution is 2.32. The van der Waals surface area contributed by atoms with Crippen LogP contribution in [0.1, 0.15) is 26.3 Å². The van der Waals surface area contributed by atoms with Gasteiger partial charge in [-0.05, 0) is 37.6 Å². The summed E-state index contributed by atoms with van der Waals surface area (Å²) in [5.41, 5.74) is 2.07. The molecule has 0 aliphatic carbocycles. The molecule has 4 nitrogen and oxygen atoms in total. The van der Waals surface area contributed by atoms with Crippen molar-refractivity contribution in [1.29, 1.82) is 0 Å². The third-order valence-electron chi connectivity index (χ3n) is 3.43. The molecule has 1 aromatic carbocycles. The van der Waals surface area contributed by atoms with Gasteiger partial charge in [0.25, 0.3) is 5.91 Å². The van der Waals surface area contributed by atoms with Crippen molar-refractivity contribution in [2.45, 2.75) is 20.8 Å². The maximum atomic E-state index is 12.1.